The first-order chi connectivity index (χ1) is 7.91. The highest BCUT2D eigenvalue weighted by Crippen LogP contribution is 1.81. The van der Waals surface area contributed by atoms with Gasteiger partial charge in [0, 0.05) is 26.3 Å². The highest BCUT2D eigenvalue weighted by atomic mass is 16.5. The van der Waals surface area contributed by atoms with E-state index in [-0.39, 0.29) is 0 Å². The zero-order chi connectivity index (χ0) is 11.9. The standard InChI is InChI=1S/C12H27NO3/c1-3-7-14-9-5-13-6-10-16-12-11-15-8-4-2/h13H,3-12H2,1-2H3. The Hall–Kier alpha value is -0.160. The summed E-state index contributed by atoms with van der Waals surface area (Å²) in [7, 11) is 0. The summed E-state index contributed by atoms with van der Waals surface area (Å²) in [6.45, 7) is 10.6. The van der Waals surface area contributed by atoms with E-state index < -0.39 is 0 Å². The Bertz CT molecular complexity index is 109. The van der Waals surface area contributed by atoms with Gasteiger partial charge in [-0.1, -0.05) is 13.8 Å². The minimum Gasteiger partial charge on any atom is -0.380 e. The fourth-order valence-corrected chi connectivity index (χ4v) is 1.13. The van der Waals surface area contributed by atoms with Gasteiger partial charge in [0.05, 0.1) is 26.4 Å². The molecule has 0 rings (SSSR count). The Kier molecular flexibility index (Phi) is 14.7. The van der Waals surface area contributed by atoms with Crippen LogP contribution in [-0.2, 0) is 14.2 Å². The average molecular weight is 233 g/mol. The van der Waals surface area contributed by atoms with Gasteiger partial charge in [-0.3, -0.25) is 0 Å². The van der Waals surface area contributed by atoms with Crippen LogP contribution in [0.5, 0.6) is 0 Å². The fraction of sp³-hybridized carbons (Fsp3) is 1.00. The first kappa shape index (κ1) is 15.8. The highest BCUT2D eigenvalue weighted by molar-refractivity contribution is 4.45. The molecule has 0 aromatic carbocycles. The summed E-state index contributed by atoms with van der Waals surface area (Å²) in [5.41, 5.74) is 0. The van der Waals surface area contributed by atoms with Gasteiger partial charge < -0.3 is 19.5 Å². The number of hydrogen-bond donors (Lipinski definition) is 1. The van der Waals surface area contributed by atoms with E-state index in [1.807, 2.05) is 0 Å². The van der Waals surface area contributed by atoms with Crippen molar-refractivity contribution in [1.29, 1.82) is 0 Å². The van der Waals surface area contributed by atoms with Gasteiger partial charge in [0.15, 0.2) is 0 Å². The molecule has 1 N–H and O–H groups in total. The third kappa shape index (κ3) is 13.8. The molecule has 0 saturated carbocycles. The summed E-state index contributed by atoms with van der Waals surface area (Å²) in [6, 6.07) is 0. The zero-order valence-electron chi connectivity index (χ0n) is 10.8. The molecule has 0 aliphatic rings. The molecule has 0 atom stereocenters. The maximum Gasteiger partial charge on any atom is 0.0701 e. The van der Waals surface area contributed by atoms with Crippen molar-refractivity contribution in [3.63, 3.8) is 0 Å². The summed E-state index contributed by atoms with van der Waals surface area (Å²) < 4.78 is 16.0. The van der Waals surface area contributed by atoms with Gasteiger partial charge in [-0.05, 0) is 12.8 Å². The molecule has 4 nitrogen and oxygen atoms in total. The van der Waals surface area contributed by atoms with Crippen molar-refractivity contribution < 1.29 is 14.2 Å². The van der Waals surface area contributed by atoms with Crippen molar-refractivity contribution in [1.82, 2.24) is 5.32 Å². The SMILES string of the molecule is CCCOCCNCCOCCOCCC. The molecule has 0 unspecified atom stereocenters. The maximum absolute atomic E-state index is 5.38. The van der Waals surface area contributed by atoms with Crippen LogP contribution in [-0.4, -0.2) is 52.7 Å². The van der Waals surface area contributed by atoms with Crippen LogP contribution in [0.2, 0.25) is 0 Å². The van der Waals surface area contributed by atoms with Gasteiger partial charge in [-0.2, -0.15) is 0 Å². The number of rotatable bonds is 13. The van der Waals surface area contributed by atoms with E-state index in [4.69, 9.17) is 14.2 Å². The zero-order valence-corrected chi connectivity index (χ0v) is 10.8. The van der Waals surface area contributed by atoms with Crippen molar-refractivity contribution >= 4 is 0 Å². The Morgan fingerprint density at radius 1 is 0.625 bits per heavy atom. The van der Waals surface area contributed by atoms with Gasteiger partial charge in [0.2, 0.25) is 0 Å². The molecule has 0 radical (unpaired) electrons. The molecule has 0 aromatic rings. The first-order valence-electron chi connectivity index (χ1n) is 6.35. The molecule has 98 valence electrons. The summed E-state index contributed by atoms with van der Waals surface area (Å²) in [5.74, 6) is 0. The lowest BCUT2D eigenvalue weighted by Gasteiger charge is -2.06. The van der Waals surface area contributed by atoms with Crippen LogP contribution in [0.3, 0.4) is 0 Å². The van der Waals surface area contributed by atoms with Crippen molar-refractivity contribution in [2.24, 2.45) is 0 Å². The van der Waals surface area contributed by atoms with Crippen LogP contribution in [0.15, 0.2) is 0 Å². The molecule has 0 fully saturated rings. The van der Waals surface area contributed by atoms with E-state index in [0.29, 0.717) is 13.2 Å². The lowest BCUT2D eigenvalue weighted by Crippen LogP contribution is -2.24. The molecule has 0 heterocycles. The van der Waals surface area contributed by atoms with Crippen LogP contribution in [0.1, 0.15) is 26.7 Å². The van der Waals surface area contributed by atoms with Gasteiger partial charge >= 0.3 is 0 Å². The van der Waals surface area contributed by atoms with Gasteiger partial charge in [0.25, 0.3) is 0 Å². The molecule has 4 heteroatoms. The predicted molar refractivity (Wildman–Crippen MR) is 65.9 cm³/mol. The van der Waals surface area contributed by atoms with E-state index in [9.17, 15) is 0 Å². The monoisotopic (exact) mass is 233 g/mol. The second-order valence-electron chi connectivity index (χ2n) is 3.59. The minimum atomic E-state index is 0.689. The Morgan fingerprint density at radius 2 is 1.06 bits per heavy atom. The first-order valence-corrected chi connectivity index (χ1v) is 6.35. The van der Waals surface area contributed by atoms with E-state index in [2.05, 4.69) is 19.2 Å². The molecule has 0 aliphatic carbocycles. The third-order valence-electron chi connectivity index (χ3n) is 1.92. The normalized spacial score (nSPS) is 10.9. The second-order valence-corrected chi connectivity index (χ2v) is 3.59. The molecular weight excluding hydrogens is 206 g/mol. The molecule has 16 heavy (non-hydrogen) atoms. The lowest BCUT2D eigenvalue weighted by molar-refractivity contribution is 0.0484. The molecule has 0 aliphatic heterocycles. The van der Waals surface area contributed by atoms with Crippen LogP contribution >= 0.6 is 0 Å². The summed E-state index contributed by atoms with van der Waals surface area (Å²) in [6.07, 6.45) is 2.15. The topological polar surface area (TPSA) is 39.7 Å². The molecule has 0 spiro atoms. The van der Waals surface area contributed by atoms with Crippen molar-refractivity contribution in [2.45, 2.75) is 26.7 Å². The Morgan fingerprint density at radius 3 is 1.56 bits per heavy atom. The van der Waals surface area contributed by atoms with Crippen molar-refractivity contribution in [2.75, 3.05) is 52.7 Å². The van der Waals surface area contributed by atoms with Crippen LogP contribution in [0, 0.1) is 0 Å². The van der Waals surface area contributed by atoms with Gasteiger partial charge in [-0.25, -0.2) is 0 Å². The summed E-state index contributed by atoms with van der Waals surface area (Å²) in [5, 5.41) is 3.26. The van der Waals surface area contributed by atoms with Crippen LogP contribution in [0.4, 0.5) is 0 Å². The highest BCUT2D eigenvalue weighted by Gasteiger charge is 1.90. The molecule has 0 saturated heterocycles. The predicted octanol–water partition coefficient (Wildman–Crippen LogP) is 1.45. The van der Waals surface area contributed by atoms with E-state index >= 15 is 0 Å². The van der Waals surface area contributed by atoms with Gasteiger partial charge in [0.1, 0.15) is 0 Å². The third-order valence-corrected chi connectivity index (χ3v) is 1.92. The quantitative estimate of drug-likeness (QED) is 0.489. The van der Waals surface area contributed by atoms with E-state index in [1.54, 1.807) is 0 Å². The molecular formula is C12H27NO3. The van der Waals surface area contributed by atoms with Crippen LogP contribution < -0.4 is 5.32 Å². The van der Waals surface area contributed by atoms with E-state index in [0.717, 1.165) is 52.4 Å². The van der Waals surface area contributed by atoms with E-state index in [1.165, 1.54) is 0 Å². The Labute approximate surface area is 99.6 Å². The van der Waals surface area contributed by atoms with Gasteiger partial charge in [-0.15, -0.1) is 0 Å². The van der Waals surface area contributed by atoms with Crippen molar-refractivity contribution in [3.05, 3.63) is 0 Å². The summed E-state index contributed by atoms with van der Waals surface area (Å²) in [4.78, 5) is 0. The smallest absolute Gasteiger partial charge is 0.0701 e. The average Bonchev–Trinajstić information content (AvgIpc) is 2.31. The fourth-order valence-electron chi connectivity index (χ4n) is 1.13. The molecule has 0 amide bonds. The minimum absolute atomic E-state index is 0.689. The second kappa shape index (κ2) is 14.8. The molecule has 0 bridgehead atoms. The van der Waals surface area contributed by atoms with Crippen molar-refractivity contribution in [3.8, 4) is 0 Å². The summed E-state index contributed by atoms with van der Waals surface area (Å²) >= 11 is 0. The number of ether oxygens (including phenoxy) is 3. The number of nitrogens with one attached hydrogen (secondary N) is 1. The maximum atomic E-state index is 5.38. The van der Waals surface area contributed by atoms with Crippen LogP contribution in [0.25, 0.3) is 0 Å². The number of hydrogen-bond acceptors (Lipinski definition) is 4. The molecule has 0 aromatic heterocycles. The lowest BCUT2D eigenvalue weighted by atomic mass is 10.5. The largest absolute Gasteiger partial charge is 0.380 e. The Balaban J connectivity index is 2.83.